The highest BCUT2D eigenvalue weighted by Gasteiger charge is 2.30. The van der Waals surface area contributed by atoms with Gasteiger partial charge in [-0.05, 0) is 49.9 Å². The minimum atomic E-state index is -0.104. The van der Waals surface area contributed by atoms with Crippen LogP contribution in [-0.2, 0) is 17.9 Å². The lowest BCUT2D eigenvalue weighted by Crippen LogP contribution is -2.48. The fraction of sp³-hybridized carbons (Fsp3) is 0.556. The standard InChI is InChI=1S/C18H23N5O2/c24-18(20-11-16-21-17(22-25-16)14-4-5-14)15-3-1-2-10-23(15)12-13-6-8-19-9-7-13/h6-9,14-15H,1-5,10-12H2,(H,20,24). The van der Waals surface area contributed by atoms with E-state index in [4.69, 9.17) is 4.52 Å². The number of carbonyl (C=O) groups is 1. The molecule has 7 heteroatoms. The van der Waals surface area contributed by atoms with Crippen LogP contribution in [0, 0.1) is 0 Å². The monoisotopic (exact) mass is 341 g/mol. The summed E-state index contributed by atoms with van der Waals surface area (Å²) in [7, 11) is 0. The number of amides is 1. The summed E-state index contributed by atoms with van der Waals surface area (Å²) in [6.07, 6.45) is 8.95. The molecule has 0 bridgehead atoms. The highest BCUT2D eigenvalue weighted by Crippen LogP contribution is 2.38. The van der Waals surface area contributed by atoms with Crippen LogP contribution in [0.2, 0.25) is 0 Å². The molecule has 0 spiro atoms. The highest BCUT2D eigenvalue weighted by molar-refractivity contribution is 5.81. The molecule has 132 valence electrons. The van der Waals surface area contributed by atoms with Gasteiger partial charge < -0.3 is 9.84 Å². The van der Waals surface area contributed by atoms with Crippen molar-refractivity contribution in [3.8, 4) is 0 Å². The van der Waals surface area contributed by atoms with Gasteiger partial charge in [0.1, 0.15) is 0 Å². The molecule has 1 N–H and O–H groups in total. The molecule has 2 aliphatic rings. The fourth-order valence-corrected chi connectivity index (χ4v) is 3.33. The maximum atomic E-state index is 12.7. The number of hydrogen-bond donors (Lipinski definition) is 1. The molecule has 1 saturated heterocycles. The minimum absolute atomic E-state index is 0.0416. The maximum Gasteiger partial charge on any atom is 0.246 e. The molecule has 2 aromatic rings. The predicted octanol–water partition coefficient (Wildman–Crippen LogP) is 2.01. The van der Waals surface area contributed by atoms with Crippen molar-refractivity contribution < 1.29 is 9.32 Å². The third kappa shape index (κ3) is 4.04. The van der Waals surface area contributed by atoms with Crippen LogP contribution in [0.4, 0.5) is 0 Å². The van der Waals surface area contributed by atoms with Crippen molar-refractivity contribution in [1.82, 2.24) is 25.3 Å². The summed E-state index contributed by atoms with van der Waals surface area (Å²) in [5, 5.41) is 6.95. The van der Waals surface area contributed by atoms with E-state index in [-0.39, 0.29) is 11.9 Å². The number of nitrogens with one attached hydrogen (secondary N) is 1. The molecule has 1 aliphatic carbocycles. The van der Waals surface area contributed by atoms with Crippen LogP contribution in [0.25, 0.3) is 0 Å². The Labute approximate surface area is 146 Å². The Hall–Kier alpha value is -2.28. The van der Waals surface area contributed by atoms with Crippen LogP contribution in [-0.4, -0.2) is 38.5 Å². The van der Waals surface area contributed by atoms with E-state index >= 15 is 0 Å². The molecule has 25 heavy (non-hydrogen) atoms. The van der Waals surface area contributed by atoms with Gasteiger partial charge >= 0.3 is 0 Å². The minimum Gasteiger partial charge on any atom is -0.346 e. The molecule has 0 radical (unpaired) electrons. The van der Waals surface area contributed by atoms with Gasteiger partial charge in [-0.15, -0.1) is 0 Å². The van der Waals surface area contributed by atoms with Gasteiger partial charge in [-0.25, -0.2) is 0 Å². The summed E-state index contributed by atoms with van der Waals surface area (Å²) in [4.78, 5) is 23.3. The zero-order chi connectivity index (χ0) is 17.1. The van der Waals surface area contributed by atoms with Crippen molar-refractivity contribution >= 4 is 5.91 Å². The Kier molecular flexibility index (Phi) is 4.74. The quantitative estimate of drug-likeness (QED) is 0.865. The number of aromatic nitrogens is 3. The molecular formula is C18H23N5O2. The van der Waals surface area contributed by atoms with Gasteiger partial charge in [-0.2, -0.15) is 4.98 Å². The molecule has 1 atom stereocenters. The summed E-state index contributed by atoms with van der Waals surface area (Å²) < 4.78 is 5.23. The van der Waals surface area contributed by atoms with Crippen molar-refractivity contribution in [2.24, 2.45) is 0 Å². The third-order valence-electron chi connectivity index (χ3n) is 4.89. The Bertz CT molecular complexity index is 713. The van der Waals surface area contributed by atoms with Gasteiger partial charge in [0.25, 0.3) is 0 Å². The second-order valence-corrected chi connectivity index (χ2v) is 6.88. The smallest absolute Gasteiger partial charge is 0.246 e. The van der Waals surface area contributed by atoms with Crippen molar-refractivity contribution in [3.63, 3.8) is 0 Å². The Morgan fingerprint density at radius 2 is 2.08 bits per heavy atom. The lowest BCUT2D eigenvalue weighted by molar-refractivity contribution is -0.128. The molecule has 0 aromatic carbocycles. The van der Waals surface area contributed by atoms with Crippen LogP contribution in [0.3, 0.4) is 0 Å². The largest absolute Gasteiger partial charge is 0.346 e. The number of piperidine rings is 1. The number of rotatable bonds is 6. The number of hydrogen-bond acceptors (Lipinski definition) is 6. The first kappa shape index (κ1) is 16.2. The zero-order valence-electron chi connectivity index (χ0n) is 14.2. The average Bonchev–Trinajstić information content (AvgIpc) is 3.39. The first-order chi connectivity index (χ1) is 12.3. The Morgan fingerprint density at radius 3 is 2.88 bits per heavy atom. The van der Waals surface area contributed by atoms with E-state index in [1.54, 1.807) is 12.4 Å². The van der Waals surface area contributed by atoms with Crippen LogP contribution in [0.15, 0.2) is 29.0 Å². The molecule has 4 rings (SSSR count). The molecule has 1 aliphatic heterocycles. The summed E-state index contributed by atoms with van der Waals surface area (Å²) in [5.41, 5.74) is 1.18. The first-order valence-corrected chi connectivity index (χ1v) is 9.03. The highest BCUT2D eigenvalue weighted by atomic mass is 16.5. The second-order valence-electron chi connectivity index (χ2n) is 6.88. The normalized spacial score (nSPS) is 21.2. The molecule has 1 saturated carbocycles. The van der Waals surface area contributed by atoms with E-state index in [1.165, 1.54) is 5.56 Å². The van der Waals surface area contributed by atoms with Gasteiger partial charge in [0.15, 0.2) is 5.82 Å². The van der Waals surface area contributed by atoms with E-state index in [0.717, 1.165) is 51.0 Å². The number of likely N-dealkylation sites (tertiary alicyclic amines) is 1. The Balaban J connectivity index is 1.34. The first-order valence-electron chi connectivity index (χ1n) is 9.03. The number of pyridine rings is 1. The summed E-state index contributed by atoms with van der Waals surface area (Å²) >= 11 is 0. The number of carbonyl (C=O) groups excluding carboxylic acids is 1. The summed E-state index contributed by atoms with van der Waals surface area (Å²) in [6, 6.07) is 3.90. The molecule has 3 heterocycles. The second kappa shape index (κ2) is 7.31. The molecule has 1 amide bonds. The van der Waals surface area contributed by atoms with Crippen molar-refractivity contribution in [3.05, 3.63) is 41.8 Å². The predicted molar refractivity (Wildman–Crippen MR) is 90.4 cm³/mol. The average molecular weight is 341 g/mol. The van der Waals surface area contributed by atoms with E-state index in [0.29, 0.717) is 18.4 Å². The molecule has 2 aromatic heterocycles. The van der Waals surface area contributed by atoms with Gasteiger partial charge in [-0.1, -0.05) is 11.6 Å². The van der Waals surface area contributed by atoms with Gasteiger partial charge in [0.2, 0.25) is 11.8 Å². The topological polar surface area (TPSA) is 84.2 Å². The lowest BCUT2D eigenvalue weighted by Gasteiger charge is -2.34. The third-order valence-corrected chi connectivity index (χ3v) is 4.89. The van der Waals surface area contributed by atoms with Crippen LogP contribution in [0.1, 0.15) is 55.3 Å². The van der Waals surface area contributed by atoms with Crippen molar-refractivity contribution in [1.29, 1.82) is 0 Å². The molecule has 7 nitrogen and oxygen atoms in total. The van der Waals surface area contributed by atoms with Crippen molar-refractivity contribution in [2.45, 2.75) is 57.2 Å². The Morgan fingerprint density at radius 1 is 1.24 bits per heavy atom. The zero-order valence-corrected chi connectivity index (χ0v) is 14.2. The van der Waals surface area contributed by atoms with E-state index in [9.17, 15) is 4.79 Å². The van der Waals surface area contributed by atoms with Gasteiger partial charge in [0, 0.05) is 24.9 Å². The lowest BCUT2D eigenvalue weighted by atomic mass is 10.0. The van der Waals surface area contributed by atoms with E-state index < -0.39 is 0 Å². The van der Waals surface area contributed by atoms with Gasteiger partial charge in [0.05, 0.1) is 12.6 Å². The fourth-order valence-electron chi connectivity index (χ4n) is 3.33. The van der Waals surface area contributed by atoms with Crippen LogP contribution < -0.4 is 5.32 Å². The van der Waals surface area contributed by atoms with Crippen LogP contribution in [0.5, 0.6) is 0 Å². The molecular weight excluding hydrogens is 318 g/mol. The van der Waals surface area contributed by atoms with Gasteiger partial charge in [-0.3, -0.25) is 14.7 Å². The SMILES string of the molecule is O=C(NCc1nc(C2CC2)no1)C1CCCCN1Cc1ccncc1. The molecule has 1 unspecified atom stereocenters. The van der Waals surface area contributed by atoms with Crippen molar-refractivity contribution in [2.75, 3.05) is 6.54 Å². The van der Waals surface area contributed by atoms with E-state index in [1.807, 2.05) is 12.1 Å². The molecule has 2 fully saturated rings. The summed E-state index contributed by atoms with van der Waals surface area (Å²) in [5.74, 6) is 1.77. The number of nitrogens with zero attached hydrogens (tertiary/aromatic N) is 4. The van der Waals surface area contributed by atoms with Crippen LogP contribution >= 0.6 is 0 Å². The maximum absolute atomic E-state index is 12.7. The summed E-state index contributed by atoms with van der Waals surface area (Å²) in [6.45, 7) is 2.01. The van der Waals surface area contributed by atoms with E-state index in [2.05, 4.69) is 25.3 Å².